The Morgan fingerprint density at radius 2 is 1.91 bits per heavy atom. The normalized spacial score (nSPS) is 21.5. The highest BCUT2D eigenvalue weighted by atomic mass is 79.9. The van der Waals surface area contributed by atoms with E-state index in [1.54, 1.807) is 0 Å². The van der Waals surface area contributed by atoms with Gasteiger partial charge in [0.2, 0.25) is 6.43 Å². The van der Waals surface area contributed by atoms with Gasteiger partial charge in [0.15, 0.2) is 0 Å². The topological polar surface area (TPSA) is 0 Å². The van der Waals surface area contributed by atoms with E-state index in [-0.39, 0.29) is 11.8 Å². The Balaban J connectivity index is 2.48. The molecule has 0 aromatic carbocycles. The predicted octanol–water partition coefficient (Wildman–Crippen LogP) is 3.37. The largest absolute Gasteiger partial charge is 0.239 e. The maximum Gasteiger partial charge on any atom is 0.239 e. The zero-order chi connectivity index (χ0) is 8.32. The maximum absolute atomic E-state index is 12.1. The summed E-state index contributed by atoms with van der Waals surface area (Å²) in [6.45, 7) is 0. The van der Waals surface area contributed by atoms with Gasteiger partial charge in [-0.1, -0.05) is 28.1 Å². The van der Waals surface area contributed by atoms with Crippen LogP contribution in [0.5, 0.6) is 0 Å². The van der Waals surface area contributed by atoms with Gasteiger partial charge in [0.05, 0.1) is 0 Å². The average Bonchev–Trinajstić information content (AvgIpc) is 2.36. The quantitative estimate of drug-likeness (QED) is 0.510. The first-order valence-corrected chi connectivity index (χ1v) is 4.80. The van der Waals surface area contributed by atoms with Crippen molar-refractivity contribution in [2.75, 3.05) is 5.33 Å². The van der Waals surface area contributed by atoms with E-state index in [0.29, 0.717) is 5.33 Å². The van der Waals surface area contributed by atoms with E-state index in [1.165, 1.54) is 0 Å². The molecule has 0 bridgehead atoms. The summed E-state index contributed by atoms with van der Waals surface area (Å²) in [5.41, 5.74) is -0.186. The summed E-state index contributed by atoms with van der Waals surface area (Å²) in [6.07, 6.45) is 3.41. The van der Waals surface area contributed by atoms with E-state index in [9.17, 15) is 8.78 Å². The molecule has 0 aromatic heterocycles. The number of hydrogen-bond acceptors (Lipinski definition) is 0. The van der Waals surface area contributed by atoms with Crippen molar-refractivity contribution in [1.29, 1.82) is 0 Å². The summed E-state index contributed by atoms with van der Waals surface area (Å²) in [5, 5.41) is 0.678. The van der Waals surface area contributed by atoms with Crippen LogP contribution in [-0.2, 0) is 0 Å². The smallest absolute Gasteiger partial charge is 0.211 e. The Bertz CT molecular complexity index is 146. The van der Waals surface area contributed by atoms with Crippen molar-refractivity contribution in [3.05, 3.63) is 12.2 Å². The number of alkyl halides is 3. The van der Waals surface area contributed by atoms with Crippen LogP contribution in [0.1, 0.15) is 19.3 Å². The summed E-state index contributed by atoms with van der Waals surface area (Å²) in [5.74, 6) is 0. The molecule has 3 heteroatoms. The zero-order valence-electron chi connectivity index (χ0n) is 6.19. The maximum atomic E-state index is 12.1. The summed E-state index contributed by atoms with van der Waals surface area (Å²) in [6, 6.07) is 0. The van der Waals surface area contributed by atoms with Gasteiger partial charge < -0.3 is 0 Å². The number of rotatable bonds is 3. The second-order valence-electron chi connectivity index (χ2n) is 3.11. The van der Waals surface area contributed by atoms with Crippen molar-refractivity contribution < 1.29 is 8.78 Å². The Kier molecular flexibility index (Phi) is 3.05. The van der Waals surface area contributed by atoms with Crippen molar-refractivity contribution in [3.63, 3.8) is 0 Å². The molecule has 0 unspecified atom stereocenters. The average molecular weight is 225 g/mol. The molecule has 11 heavy (non-hydrogen) atoms. The Hall–Kier alpha value is 0.0800. The van der Waals surface area contributed by atoms with Crippen molar-refractivity contribution >= 4 is 15.9 Å². The molecular weight excluding hydrogens is 214 g/mol. The van der Waals surface area contributed by atoms with E-state index >= 15 is 0 Å². The fraction of sp³-hybridized carbons (Fsp3) is 0.750. The van der Waals surface area contributed by atoms with E-state index in [2.05, 4.69) is 15.9 Å². The van der Waals surface area contributed by atoms with Gasteiger partial charge in [-0.3, -0.25) is 0 Å². The molecule has 0 spiro atoms. The SMILES string of the molecule is FC(F)CC1(CBr)CC=CC1. The molecule has 0 radical (unpaired) electrons. The molecule has 0 saturated carbocycles. The first-order chi connectivity index (χ1) is 5.18. The van der Waals surface area contributed by atoms with Gasteiger partial charge in [-0.05, 0) is 18.3 Å². The van der Waals surface area contributed by atoms with Crippen LogP contribution in [0.4, 0.5) is 8.78 Å². The fourth-order valence-corrected chi connectivity index (χ4v) is 2.09. The molecule has 0 amide bonds. The third kappa shape index (κ3) is 2.26. The molecule has 0 saturated heterocycles. The fourth-order valence-electron chi connectivity index (χ4n) is 1.41. The molecule has 1 aliphatic rings. The molecule has 0 heterocycles. The standard InChI is InChI=1S/C8H11BrF2/c9-6-8(5-7(10)11)3-1-2-4-8/h1-2,7H,3-6H2. The number of halogens is 3. The molecular formula is C8H11BrF2. The van der Waals surface area contributed by atoms with Gasteiger partial charge in [0.1, 0.15) is 0 Å². The first-order valence-electron chi connectivity index (χ1n) is 3.68. The van der Waals surface area contributed by atoms with Crippen LogP contribution in [0.3, 0.4) is 0 Å². The van der Waals surface area contributed by atoms with Crippen LogP contribution in [-0.4, -0.2) is 11.8 Å². The summed E-state index contributed by atoms with van der Waals surface area (Å²) in [7, 11) is 0. The van der Waals surface area contributed by atoms with Gasteiger partial charge in [0.25, 0.3) is 0 Å². The lowest BCUT2D eigenvalue weighted by atomic mass is 9.84. The van der Waals surface area contributed by atoms with Crippen LogP contribution in [0.2, 0.25) is 0 Å². The summed E-state index contributed by atoms with van der Waals surface area (Å²) < 4.78 is 24.1. The Labute approximate surface area is 73.8 Å². The molecule has 0 aromatic rings. The molecule has 1 aliphatic carbocycles. The lowest BCUT2D eigenvalue weighted by Crippen LogP contribution is -2.21. The molecule has 0 nitrogen and oxygen atoms in total. The van der Waals surface area contributed by atoms with Gasteiger partial charge in [-0.2, -0.15) is 0 Å². The lowest BCUT2D eigenvalue weighted by Gasteiger charge is -2.25. The second kappa shape index (κ2) is 3.65. The van der Waals surface area contributed by atoms with Gasteiger partial charge >= 0.3 is 0 Å². The summed E-state index contributed by atoms with van der Waals surface area (Å²) in [4.78, 5) is 0. The van der Waals surface area contributed by atoms with Crippen LogP contribution >= 0.6 is 15.9 Å². The highest BCUT2D eigenvalue weighted by Crippen LogP contribution is 2.40. The van der Waals surface area contributed by atoms with E-state index < -0.39 is 6.43 Å². The monoisotopic (exact) mass is 224 g/mol. The molecule has 1 rings (SSSR count). The number of allylic oxidation sites excluding steroid dienone is 2. The Morgan fingerprint density at radius 3 is 2.27 bits per heavy atom. The molecule has 0 aliphatic heterocycles. The minimum absolute atomic E-state index is 0.0191. The number of hydrogen-bond donors (Lipinski definition) is 0. The van der Waals surface area contributed by atoms with Crippen LogP contribution < -0.4 is 0 Å². The van der Waals surface area contributed by atoms with Gasteiger partial charge in [0, 0.05) is 11.8 Å². The molecule has 0 atom stereocenters. The Morgan fingerprint density at radius 1 is 1.36 bits per heavy atom. The molecule has 0 N–H and O–H groups in total. The van der Waals surface area contributed by atoms with E-state index in [1.807, 2.05) is 12.2 Å². The van der Waals surface area contributed by atoms with Crippen molar-refractivity contribution in [3.8, 4) is 0 Å². The molecule has 64 valence electrons. The zero-order valence-corrected chi connectivity index (χ0v) is 7.78. The minimum Gasteiger partial charge on any atom is -0.211 e. The molecule has 0 fully saturated rings. The highest BCUT2D eigenvalue weighted by molar-refractivity contribution is 9.09. The van der Waals surface area contributed by atoms with Crippen LogP contribution in [0.15, 0.2) is 12.2 Å². The van der Waals surface area contributed by atoms with Crippen molar-refractivity contribution in [1.82, 2.24) is 0 Å². The van der Waals surface area contributed by atoms with Crippen LogP contribution in [0.25, 0.3) is 0 Å². The second-order valence-corrected chi connectivity index (χ2v) is 3.67. The van der Waals surface area contributed by atoms with E-state index in [0.717, 1.165) is 12.8 Å². The summed E-state index contributed by atoms with van der Waals surface area (Å²) >= 11 is 3.29. The highest BCUT2D eigenvalue weighted by Gasteiger charge is 2.32. The van der Waals surface area contributed by atoms with Crippen LogP contribution in [0, 0.1) is 5.41 Å². The third-order valence-corrected chi connectivity index (χ3v) is 3.33. The lowest BCUT2D eigenvalue weighted by molar-refractivity contribution is 0.0873. The first kappa shape index (κ1) is 9.17. The van der Waals surface area contributed by atoms with Gasteiger partial charge in [-0.15, -0.1) is 0 Å². The van der Waals surface area contributed by atoms with Crippen molar-refractivity contribution in [2.45, 2.75) is 25.7 Å². The predicted molar refractivity (Wildman–Crippen MR) is 45.2 cm³/mol. The minimum atomic E-state index is -2.17. The third-order valence-electron chi connectivity index (χ3n) is 2.14. The van der Waals surface area contributed by atoms with Crippen molar-refractivity contribution in [2.24, 2.45) is 5.41 Å². The van der Waals surface area contributed by atoms with E-state index in [4.69, 9.17) is 0 Å². The van der Waals surface area contributed by atoms with Gasteiger partial charge in [-0.25, -0.2) is 8.78 Å².